The van der Waals surface area contributed by atoms with E-state index in [1.54, 1.807) is 24.3 Å². The second kappa shape index (κ2) is 6.75. The summed E-state index contributed by atoms with van der Waals surface area (Å²) in [6.07, 6.45) is 4.54. The van der Waals surface area contributed by atoms with Crippen LogP contribution in [0.3, 0.4) is 0 Å². The molecule has 0 amide bonds. The number of aryl methyl sites for hydroxylation is 1. The van der Waals surface area contributed by atoms with Gasteiger partial charge in [0.2, 0.25) is 0 Å². The minimum absolute atomic E-state index is 0.0690. The van der Waals surface area contributed by atoms with Crippen molar-refractivity contribution in [1.82, 2.24) is 0 Å². The minimum Gasteiger partial charge on any atom is -0.347 e. The van der Waals surface area contributed by atoms with Gasteiger partial charge in [0.15, 0.2) is 5.79 Å². The number of benzene rings is 1. The number of ether oxygens (including phenoxy) is 2. The van der Waals surface area contributed by atoms with Crippen LogP contribution in [-0.2, 0) is 23.8 Å². The molecular formula is C18H26O5S. The van der Waals surface area contributed by atoms with Crippen molar-refractivity contribution in [1.29, 1.82) is 0 Å². The van der Waals surface area contributed by atoms with Crippen LogP contribution in [0.2, 0.25) is 0 Å². The molecule has 0 aromatic heterocycles. The largest absolute Gasteiger partial charge is 0.347 e. The fourth-order valence-electron chi connectivity index (χ4n) is 3.87. The molecular weight excluding hydrogens is 328 g/mol. The van der Waals surface area contributed by atoms with Crippen LogP contribution in [0.25, 0.3) is 0 Å². The molecule has 1 atom stereocenters. The van der Waals surface area contributed by atoms with E-state index in [9.17, 15) is 8.42 Å². The zero-order chi connectivity index (χ0) is 17.3. The molecule has 1 aromatic carbocycles. The van der Waals surface area contributed by atoms with Crippen LogP contribution in [0.1, 0.15) is 44.6 Å². The smallest absolute Gasteiger partial charge is 0.296 e. The lowest BCUT2D eigenvalue weighted by molar-refractivity contribution is -0.218. The van der Waals surface area contributed by atoms with Gasteiger partial charge in [0.05, 0.1) is 24.7 Å². The van der Waals surface area contributed by atoms with Crippen molar-refractivity contribution in [2.45, 2.75) is 56.6 Å². The normalized spacial score (nSPS) is 26.2. The average molecular weight is 354 g/mol. The third-order valence-corrected chi connectivity index (χ3v) is 6.66. The third-order valence-electron chi connectivity index (χ3n) is 5.33. The Morgan fingerprint density at radius 3 is 2.46 bits per heavy atom. The highest BCUT2D eigenvalue weighted by Crippen LogP contribution is 2.53. The van der Waals surface area contributed by atoms with E-state index in [-0.39, 0.29) is 16.9 Å². The summed E-state index contributed by atoms with van der Waals surface area (Å²) >= 11 is 0. The monoisotopic (exact) mass is 354 g/mol. The molecule has 0 unspecified atom stereocenters. The predicted molar refractivity (Wildman–Crippen MR) is 90.1 cm³/mol. The Morgan fingerprint density at radius 1 is 1.12 bits per heavy atom. The first-order valence-corrected chi connectivity index (χ1v) is 10.0. The van der Waals surface area contributed by atoms with Crippen molar-refractivity contribution in [3.8, 4) is 0 Å². The van der Waals surface area contributed by atoms with Gasteiger partial charge >= 0.3 is 0 Å². The van der Waals surface area contributed by atoms with E-state index in [1.807, 2.05) is 6.92 Å². The maximum Gasteiger partial charge on any atom is 0.296 e. The van der Waals surface area contributed by atoms with E-state index >= 15 is 0 Å². The summed E-state index contributed by atoms with van der Waals surface area (Å²) in [4.78, 5) is 0.208. The SMILES string of the molecule is Cc1ccc(S(=O)(=O)OCCC[C@]2(C)CCCC23OCCO3)cc1. The van der Waals surface area contributed by atoms with E-state index in [4.69, 9.17) is 13.7 Å². The van der Waals surface area contributed by atoms with Crippen molar-refractivity contribution >= 4 is 10.1 Å². The van der Waals surface area contributed by atoms with Gasteiger partial charge in [-0.3, -0.25) is 4.18 Å². The first-order valence-electron chi connectivity index (χ1n) is 8.61. The van der Waals surface area contributed by atoms with Gasteiger partial charge in [0.25, 0.3) is 10.1 Å². The number of rotatable bonds is 6. The summed E-state index contributed by atoms with van der Waals surface area (Å²) in [5.41, 5.74) is 0.950. The van der Waals surface area contributed by atoms with E-state index < -0.39 is 15.9 Å². The molecule has 1 aromatic rings. The van der Waals surface area contributed by atoms with Crippen molar-refractivity contribution in [2.24, 2.45) is 5.41 Å². The summed E-state index contributed by atoms with van der Waals surface area (Å²) < 4.78 is 41.4. The highest BCUT2D eigenvalue weighted by molar-refractivity contribution is 7.86. The van der Waals surface area contributed by atoms with Crippen LogP contribution in [0.4, 0.5) is 0 Å². The van der Waals surface area contributed by atoms with Gasteiger partial charge < -0.3 is 9.47 Å². The molecule has 1 aliphatic carbocycles. The number of hydrogen-bond donors (Lipinski definition) is 0. The predicted octanol–water partition coefficient (Wildman–Crippen LogP) is 3.41. The molecule has 3 rings (SSSR count). The van der Waals surface area contributed by atoms with Gasteiger partial charge in [-0.25, -0.2) is 0 Å². The van der Waals surface area contributed by atoms with Gasteiger partial charge in [-0.15, -0.1) is 0 Å². The zero-order valence-corrected chi connectivity index (χ0v) is 15.2. The Bertz CT molecular complexity index is 656. The van der Waals surface area contributed by atoms with Crippen molar-refractivity contribution in [3.63, 3.8) is 0 Å². The van der Waals surface area contributed by atoms with Crippen LogP contribution in [0, 0.1) is 12.3 Å². The first-order chi connectivity index (χ1) is 11.4. The maximum absolute atomic E-state index is 12.2. The molecule has 1 heterocycles. The topological polar surface area (TPSA) is 61.8 Å². The van der Waals surface area contributed by atoms with Crippen molar-refractivity contribution in [3.05, 3.63) is 29.8 Å². The minimum atomic E-state index is -3.68. The van der Waals surface area contributed by atoms with Crippen LogP contribution < -0.4 is 0 Å². The van der Waals surface area contributed by atoms with Crippen molar-refractivity contribution in [2.75, 3.05) is 19.8 Å². The quantitative estimate of drug-likeness (QED) is 0.579. The molecule has 5 nitrogen and oxygen atoms in total. The Hall–Kier alpha value is -0.950. The van der Waals surface area contributed by atoms with Crippen LogP contribution >= 0.6 is 0 Å². The molecule has 1 saturated heterocycles. The second-order valence-electron chi connectivity index (χ2n) is 7.06. The fraction of sp³-hybridized carbons (Fsp3) is 0.667. The van der Waals surface area contributed by atoms with Crippen molar-refractivity contribution < 1.29 is 22.1 Å². The maximum atomic E-state index is 12.2. The van der Waals surface area contributed by atoms with E-state index in [2.05, 4.69) is 6.92 Å². The Kier molecular flexibility index (Phi) is 5.02. The fourth-order valence-corrected chi connectivity index (χ4v) is 4.81. The van der Waals surface area contributed by atoms with E-state index in [0.717, 1.165) is 31.2 Å². The van der Waals surface area contributed by atoms with Gasteiger partial charge in [0.1, 0.15) is 0 Å². The van der Waals surface area contributed by atoms with Gasteiger partial charge in [0, 0.05) is 11.8 Å². The average Bonchev–Trinajstić information content (AvgIpc) is 3.14. The Labute approximate surface area is 144 Å². The Balaban J connectivity index is 1.54. The molecule has 24 heavy (non-hydrogen) atoms. The lowest BCUT2D eigenvalue weighted by Gasteiger charge is -2.39. The van der Waals surface area contributed by atoms with E-state index in [1.165, 1.54) is 0 Å². The molecule has 0 bridgehead atoms. The standard InChI is InChI=1S/C18H26O5S/c1-15-5-7-16(8-6-15)24(19,20)23-12-4-10-17(2)9-3-11-18(17)21-13-14-22-18/h5-8H,3-4,9-14H2,1-2H3/t17-/m0/s1. The van der Waals surface area contributed by atoms with Crippen LogP contribution in [-0.4, -0.2) is 34.0 Å². The molecule has 1 aliphatic heterocycles. The zero-order valence-electron chi connectivity index (χ0n) is 14.4. The van der Waals surface area contributed by atoms with Gasteiger partial charge in [-0.1, -0.05) is 24.6 Å². The van der Waals surface area contributed by atoms with E-state index in [0.29, 0.717) is 19.6 Å². The summed E-state index contributed by atoms with van der Waals surface area (Å²) in [5, 5.41) is 0. The molecule has 134 valence electrons. The van der Waals surface area contributed by atoms with Gasteiger partial charge in [-0.2, -0.15) is 8.42 Å². The van der Waals surface area contributed by atoms with Crippen LogP contribution in [0.5, 0.6) is 0 Å². The molecule has 6 heteroatoms. The lowest BCUT2D eigenvalue weighted by Crippen LogP contribution is -2.43. The summed E-state index contributed by atoms with van der Waals surface area (Å²) in [6.45, 7) is 5.58. The highest BCUT2D eigenvalue weighted by atomic mass is 32.2. The molecule has 1 spiro atoms. The highest BCUT2D eigenvalue weighted by Gasteiger charge is 2.55. The molecule has 0 N–H and O–H groups in total. The Morgan fingerprint density at radius 2 is 1.79 bits per heavy atom. The second-order valence-corrected chi connectivity index (χ2v) is 8.67. The van der Waals surface area contributed by atoms with Gasteiger partial charge in [-0.05, 0) is 44.7 Å². The molecule has 2 aliphatic rings. The molecule has 1 saturated carbocycles. The third kappa shape index (κ3) is 3.38. The lowest BCUT2D eigenvalue weighted by atomic mass is 9.79. The molecule has 2 fully saturated rings. The summed E-state index contributed by atoms with van der Waals surface area (Å²) in [6, 6.07) is 6.71. The molecule has 0 radical (unpaired) electrons. The first kappa shape index (κ1) is 17.9. The summed E-state index contributed by atoms with van der Waals surface area (Å²) in [7, 11) is -3.68. The summed E-state index contributed by atoms with van der Waals surface area (Å²) in [5.74, 6) is -0.469. The van der Waals surface area contributed by atoms with Crippen LogP contribution in [0.15, 0.2) is 29.2 Å². The number of hydrogen-bond acceptors (Lipinski definition) is 5.